The maximum absolute atomic E-state index is 5.13. The van der Waals surface area contributed by atoms with Gasteiger partial charge in [0.2, 0.25) is 0 Å². The summed E-state index contributed by atoms with van der Waals surface area (Å²) in [7, 11) is 0. The van der Waals surface area contributed by atoms with Gasteiger partial charge in [0.05, 0.1) is 5.36 Å². The smallest absolute Gasteiger partial charge is 0.0789 e. The van der Waals surface area contributed by atoms with Crippen molar-refractivity contribution in [3.63, 3.8) is 0 Å². The van der Waals surface area contributed by atoms with E-state index in [2.05, 4.69) is 132 Å². The second-order valence-corrected chi connectivity index (χ2v) is 10.5. The molecule has 0 atom stereocenters. The molecule has 0 radical (unpaired) electrons. The summed E-state index contributed by atoms with van der Waals surface area (Å²) in [4.78, 5) is 5.13. The minimum Gasteiger partial charge on any atom is -0.253 e. The highest BCUT2D eigenvalue weighted by Crippen LogP contribution is 2.31. The molecular weight excluding hydrogens is 494 g/mol. The van der Waals surface area contributed by atoms with Gasteiger partial charge in [0.25, 0.3) is 0 Å². The van der Waals surface area contributed by atoms with Crippen LogP contribution in [-0.2, 0) is 0 Å². The summed E-state index contributed by atoms with van der Waals surface area (Å²) in [6.45, 7) is 18.9. The molecule has 3 aromatic carbocycles. The highest BCUT2D eigenvalue weighted by molar-refractivity contribution is 5.85. The lowest BCUT2D eigenvalue weighted by Crippen LogP contribution is -2.28. The molecule has 0 fully saturated rings. The van der Waals surface area contributed by atoms with Gasteiger partial charge in [-0.3, -0.25) is 4.99 Å². The standard InChI is InChI=1S/C40H41N/c1-8-11-13-20-33-27-39(35(10-3)34(9-2)31(33)7)29(5)24-23-28(4)36-21-15-12-14-18-30(6)41-40-37-22-17-16-19-32(37)25-26-38(36)40/h8-11,13,15-27H,2-3,12,14H2,1,4-7H3/b11-8-,20-13-,21-15?,28-23+,29-24+,30-18+,38-36+,41-40+. The van der Waals surface area contributed by atoms with E-state index in [9.17, 15) is 0 Å². The normalized spacial score (nSPS) is 18.2. The number of fused-ring (bicyclic) bond motifs is 3. The Hall–Kier alpha value is -4.49. The first kappa shape index (κ1) is 29.5. The van der Waals surface area contributed by atoms with Gasteiger partial charge >= 0.3 is 0 Å². The zero-order valence-electron chi connectivity index (χ0n) is 25.2. The lowest BCUT2D eigenvalue weighted by Gasteiger charge is -2.16. The van der Waals surface area contributed by atoms with E-state index in [1.165, 1.54) is 44.2 Å². The van der Waals surface area contributed by atoms with E-state index >= 15 is 0 Å². The summed E-state index contributed by atoms with van der Waals surface area (Å²) in [6, 6.07) is 15.2. The fourth-order valence-corrected chi connectivity index (χ4v) is 5.36. The SMILES string of the molecule is C=Cc1c(/C(C)=C/C=C(C)/C2=c3\ccc4ccccc4\c3=N/C(C)=C/CCC=C2)cc(/C=C\C=C/C)c(C)c1C=C. The topological polar surface area (TPSA) is 12.4 Å². The highest BCUT2D eigenvalue weighted by Gasteiger charge is 2.12. The maximum atomic E-state index is 5.13. The van der Waals surface area contributed by atoms with Crippen LogP contribution in [0.3, 0.4) is 0 Å². The van der Waals surface area contributed by atoms with E-state index in [-0.39, 0.29) is 0 Å². The molecular formula is C40H41N. The van der Waals surface area contributed by atoms with Gasteiger partial charge in [-0.05, 0) is 103 Å². The summed E-state index contributed by atoms with van der Waals surface area (Å²) in [5.74, 6) is 0. The Morgan fingerprint density at radius 3 is 2.39 bits per heavy atom. The Morgan fingerprint density at radius 2 is 1.63 bits per heavy atom. The van der Waals surface area contributed by atoms with Crippen LogP contribution >= 0.6 is 0 Å². The van der Waals surface area contributed by atoms with Crippen molar-refractivity contribution in [3.8, 4) is 0 Å². The first-order valence-corrected chi connectivity index (χ1v) is 14.4. The van der Waals surface area contributed by atoms with E-state index in [0.29, 0.717) is 0 Å². The van der Waals surface area contributed by atoms with E-state index in [1.807, 2.05) is 25.2 Å². The van der Waals surface area contributed by atoms with Crippen molar-refractivity contribution in [2.24, 2.45) is 4.99 Å². The lowest BCUT2D eigenvalue weighted by molar-refractivity contribution is 1.02. The number of hydrogen-bond acceptors (Lipinski definition) is 1. The average Bonchev–Trinajstić information content (AvgIpc) is 2.98. The van der Waals surface area contributed by atoms with Crippen molar-refractivity contribution < 1.29 is 0 Å². The number of benzene rings is 3. The van der Waals surface area contributed by atoms with Crippen molar-refractivity contribution in [3.05, 3.63) is 154 Å². The zero-order valence-corrected chi connectivity index (χ0v) is 25.2. The first-order valence-electron chi connectivity index (χ1n) is 14.4. The Morgan fingerprint density at radius 1 is 0.878 bits per heavy atom. The Labute approximate surface area is 246 Å². The van der Waals surface area contributed by atoms with Crippen LogP contribution in [0.1, 0.15) is 68.4 Å². The molecule has 3 aromatic rings. The van der Waals surface area contributed by atoms with Crippen molar-refractivity contribution in [2.75, 3.05) is 0 Å². The second-order valence-electron chi connectivity index (χ2n) is 10.5. The van der Waals surface area contributed by atoms with E-state index in [1.54, 1.807) is 0 Å². The molecule has 0 unspecified atom stereocenters. The van der Waals surface area contributed by atoms with Crippen LogP contribution < -0.4 is 10.6 Å². The van der Waals surface area contributed by atoms with E-state index in [0.717, 1.165) is 40.2 Å². The summed E-state index contributed by atoms with van der Waals surface area (Å²) in [5, 5.41) is 4.57. The van der Waals surface area contributed by atoms with Crippen molar-refractivity contribution in [1.82, 2.24) is 0 Å². The Kier molecular flexibility index (Phi) is 9.87. The van der Waals surface area contributed by atoms with Gasteiger partial charge in [0, 0.05) is 16.3 Å². The molecule has 1 aliphatic rings. The van der Waals surface area contributed by atoms with Crippen LogP contribution in [0.4, 0.5) is 0 Å². The molecule has 1 nitrogen and oxygen atoms in total. The third-order valence-corrected chi connectivity index (χ3v) is 7.67. The Balaban J connectivity index is 1.94. The molecule has 1 heteroatoms. The second kappa shape index (κ2) is 13.7. The molecule has 1 heterocycles. The predicted octanol–water partition coefficient (Wildman–Crippen LogP) is 10.1. The molecule has 0 amide bonds. The summed E-state index contributed by atoms with van der Waals surface area (Å²) in [5.41, 5.74) is 10.4. The summed E-state index contributed by atoms with van der Waals surface area (Å²) >= 11 is 0. The van der Waals surface area contributed by atoms with Gasteiger partial charge < -0.3 is 0 Å². The van der Waals surface area contributed by atoms with Crippen LogP contribution in [0.5, 0.6) is 0 Å². The number of hydrogen-bond donors (Lipinski definition) is 0. The van der Waals surface area contributed by atoms with Crippen molar-refractivity contribution in [2.45, 2.75) is 47.5 Å². The van der Waals surface area contributed by atoms with Crippen LogP contribution in [0.25, 0.3) is 40.1 Å². The van der Waals surface area contributed by atoms with Crippen molar-refractivity contribution >= 4 is 40.1 Å². The third-order valence-electron chi connectivity index (χ3n) is 7.67. The maximum Gasteiger partial charge on any atom is 0.0789 e. The minimum atomic E-state index is 0.981. The number of nitrogens with zero attached hydrogens (tertiary/aromatic N) is 1. The average molecular weight is 536 g/mol. The lowest BCUT2D eigenvalue weighted by atomic mass is 9.88. The van der Waals surface area contributed by atoms with Gasteiger partial charge in [0.1, 0.15) is 0 Å². The molecule has 41 heavy (non-hydrogen) atoms. The van der Waals surface area contributed by atoms with Gasteiger partial charge in [-0.1, -0.05) is 116 Å². The first-order chi connectivity index (χ1) is 19.9. The van der Waals surface area contributed by atoms with E-state index < -0.39 is 0 Å². The molecule has 0 saturated heterocycles. The summed E-state index contributed by atoms with van der Waals surface area (Å²) < 4.78 is 0. The monoisotopic (exact) mass is 535 g/mol. The van der Waals surface area contributed by atoms with Gasteiger partial charge in [-0.15, -0.1) is 0 Å². The third kappa shape index (κ3) is 6.64. The van der Waals surface area contributed by atoms with Crippen LogP contribution in [-0.4, -0.2) is 0 Å². The quantitative estimate of drug-likeness (QED) is 0.267. The largest absolute Gasteiger partial charge is 0.253 e. The molecule has 0 saturated carbocycles. The molecule has 0 aromatic heterocycles. The summed E-state index contributed by atoms with van der Waals surface area (Å²) in [6.07, 6.45) is 25.4. The molecule has 0 spiro atoms. The van der Waals surface area contributed by atoms with Gasteiger partial charge in [0.15, 0.2) is 0 Å². The molecule has 0 aliphatic carbocycles. The van der Waals surface area contributed by atoms with Crippen LogP contribution in [0.15, 0.2) is 120 Å². The fourth-order valence-electron chi connectivity index (χ4n) is 5.36. The van der Waals surface area contributed by atoms with Crippen molar-refractivity contribution in [1.29, 1.82) is 0 Å². The van der Waals surface area contributed by atoms with Crippen LogP contribution in [0.2, 0.25) is 0 Å². The predicted molar refractivity (Wildman–Crippen MR) is 183 cm³/mol. The number of allylic oxidation sites excluding steroid dienone is 11. The van der Waals surface area contributed by atoms with Gasteiger partial charge in [-0.25, -0.2) is 0 Å². The number of rotatable bonds is 7. The minimum absolute atomic E-state index is 0.981. The van der Waals surface area contributed by atoms with Gasteiger partial charge in [-0.2, -0.15) is 0 Å². The molecule has 4 rings (SSSR count). The zero-order chi connectivity index (χ0) is 29.4. The van der Waals surface area contributed by atoms with Crippen LogP contribution in [0, 0.1) is 6.92 Å². The fraction of sp³-hybridized carbons (Fsp3) is 0.175. The van der Waals surface area contributed by atoms with E-state index in [4.69, 9.17) is 4.99 Å². The Bertz CT molecular complexity index is 1800. The molecule has 0 bridgehead atoms. The molecule has 0 N–H and O–H groups in total. The molecule has 206 valence electrons. The molecule has 1 aliphatic heterocycles. The highest BCUT2D eigenvalue weighted by atomic mass is 14.7.